The fraction of sp³-hybridized carbons (Fsp3) is 0.538. The first-order valence-corrected chi connectivity index (χ1v) is 5.88. The van der Waals surface area contributed by atoms with Crippen LogP contribution in [0.2, 0.25) is 0 Å². The Hall–Kier alpha value is -1.06. The summed E-state index contributed by atoms with van der Waals surface area (Å²) >= 11 is 0. The largest absolute Gasteiger partial charge is 0.490 e. The lowest BCUT2D eigenvalue weighted by Crippen LogP contribution is -2.56. The average Bonchev–Trinajstić information content (AvgIpc) is 2.35. The minimum atomic E-state index is -0.481. The van der Waals surface area contributed by atoms with E-state index < -0.39 is 6.10 Å². The van der Waals surface area contributed by atoms with Crippen molar-refractivity contribution in [1.29, 1.82) is 0 Å². The first-order chi connectivity index (χ1) is 7.69. The number of hydrogen-bond acceptors (Lipinski definition) is 2. The maximum atomic E-state index is 9.42. The van der Waals surface area contributed by atoms with Crippen LogP contribution < -0.4 is 10.5 Å². The molecule has 4 N–H and O–H groups in total. The molecule has 1 aromatic carbocycles. The van der Waals surface area contributed by atoms with Crippen molar-refractivity contribution >= 4 is 0 Å². The van der Waals surface area contributed by atoms with Crippen LogP contribution in [0.25, 0.3) is 0 Å². The molecule has 0 aliphatic carbocycles. The van der Waals surface area contributed by atoms with Gasteiger partial charge in [0.05, 0.1) is 0 Å². The summed E-state index contributed by atoms with van der Waals surface area (Å²) in [6.45, 7) is 5.13. The summed E-state index contributed by atoms with van der Waals surface area (Å²) in [5, 5.41) is 9.42. The fourth-order valence-electron chi connectivity index (χ4n) is 1.51. The molecule has 0 saturated carbocycles. The quantitative estimate of drug-likeness (QED) is 0.762. The normalized spacial score (nSPS) is 14.5. The van der Waals surface area contributed by atoms with E-state index in [1.807, 2.05) is 18.2 Å². The van der Waals surface area contributed by atoms with Crippen LogP contribution in [0.3, 0.4) is 0 Å². The molecule has 0 bridgehead atoms. The highest BCUT2D eigenvalue weighted by molar-refractivity contribution is 5.35. The van der Waals surface area contributed by atoms with Gasteiger partial charge in [0.25, 0.3) is 0 Å². The van der Waals surface area contributed by atoms with Crippen molar-refractivity contribution in [2.24, 2.45) is 0 Å². The standard InChI is InChI=1S/C13H21NO2/c1-3-10(2)12-6-4-5-7-13(12)16-9-11(15)8-14/h4-7,10-11,15H,3,8-9,14H2,1-2H3/p+1/t10-,11-/m0/s1. The Bertz CT molecular complexity index is 315. The van der Waals surface area contributed by atoms with E-state index in [0.29, 0.717) is 19.1 Å². The summed E-state index contributed by atoms with van der Waals surface area (Å²) in [4.78, 5) is 0. The lowest BCUT2D eigenvalue weighted by Gasteiger charge is -2.16. The Kier molecular flexibility index (Phi) is 5.29. The number of rotatable bonds is 6. The van der Waals surface area contributed by atoms with Gasteiger partial charge in [-0.25, -0.2) is 0 Å². The lowest BCUT2D eigenvalue weighted by molar-refractivity contribution is -0.384. The molecule has 3 heteroatoms. The molecule has 0 heterocycles. The van der Waals surface area contributed by atoms with Crippen molar-refractivity contribution in [2.45, 2.75) is 32.3 Å². The van der Waals surface area contributed by atoms with Crippen LogP contribution in [0.15, 0.2) is 24.3 Å². The number of ether oxygens (including phenoxy) is 1. The van der Waals surface area contributed by atoms with Crippen molar-refractivity contribution in [1.82, 2.24) is 0 Å². The first-order valence-electron chi connectivity index (χ1n) is 5.88. The molecule has 3 nitrogen and oxygen atoms in total. The van der Waals surface area contributed by atoms with E-state index in [1.165, 1.54) is 5.56 Å². The van der Waals surface area contributed by atoms with Crippen LogP contribution >= 0.6 is 0 Å². The van der Waals surface area contributed by atoms with Crippen molar-refractivity contribution in [2.75, 3.05) is 13.2 Å². The second-order valence-corrected chi connectivity index (χ2v) is 4.10. The monoisotopic (exact) mass is 224 g/mol. The van der Waals surface area contributed by atoms with Crippen LogP contribution in [-0.2, 0) is 0 Å². The summed E-state index contributed by atoms with van der Waals surface area (Å²) in [7, 11) is 0. The van der Waals surface area contributed by atoms with E-state index in [4.69, 9.17) is 4.74 Å². The Morgan fingerprint density at radius 2 is 2.06 bits per heavy atom. The van der Waals surface area contributed by atoms with Crippen LogP contribution in [0, 0.1) is 0 Å². The maximum Gasteiger partial charge on any atom is 0.136 e. The highest BCUT2D eigenvalue weighted by Crippen LogP contribution is 2.28. The van der Waals surface area contributed by atoms with E-state index in [9.17, 15) is 5.11 Å². The van der Waals surface area contributed by atoms with E-state index >= 15 is 0 Å². The van der Waals surface area contributed by atoms with E-state index in [2.05, 4.69) is 25.6 Å². The number of quaternary nitrogens is 1. The zero-order valence-corrected chi connectivity index (χ0v) is 10.1. The summed E-state index contributed by atoms with van der Waals surface area (Å²) in [6.07, 6.45) is 0.600. The van der Waals surface area contributed by atoms with Crippen LogP contribution in [0.1, 0.15) is 31.7 Å². The van der Waals surface area contributed by atoms with Gasteiger partial charge in [-0.05, 0) is 24.0 Å². The van der Waals surface area contributed by atoms with Crippen LogP contribution in [0.5, 0.6) is 5.75 Å². The first kappa shape index (κ1) is 13.0. The topological polar surface area (TPSA) is 57.1 Å². The average molecular weight is 224 g/mol. The Balaban J connectivity index is 2.71. The lowest BCUT2D eigenvalue weighted by atomic mass is 9.98. The van der Waals surface area contributed by atoms with Crippen molar-refractivity contribution in [3.63, 3.8) is 0 Å². The Labute approximate surface area is 97.2 Å². The molecular weight excluding hydrogens is 202 g/mol. The van der Waals surface area contributed by atoms with E-state index in [1.54, 1.807) is 0 Å². The highest BCUT2D eigenvalue weighted by atomic mass is 16.5. The summed E-state index contributed by atoms with van der Waals surface area (Å²) in [6, 6.07) is 8.02. The predicted molar refractivity (Wildman–Crippen MR) is 64.4 cm³/mol. The van der Waals surface area contributed by atoms with Gasteiger partial charge in [0.15, 0.2) is 0 Å². The number of aliphatic hydroxyl groups is 1. The molecule has 0 saturated heterocycles. The second-order valence-electron chi connectivity index (χ2n) is 4.10. The zero-order valence-electron chi connectivity index (χ0n) is 10.1. The van der Waals surface area contributed by atoms with Crippen molar-refractivity contribution < 1.29 is 15.6 Å². The molecule has 0 unspecified atom stereocenters. The van der Waals surface area contributed by atoms with E-state index in [-0.39, 0.29) is 0 Å². The third-order valence-corrected chi connectivity index (χ3v) is 2.83. The van der Waals surface area contributed by atoms with Gasteiger partial charge in [-0.3, -0.25) is 0 Å². The third-order valence-electron chi connectivity index (χ3n) is 2.83. The van der Waals surface area contributed by atoms with Gasteiger partial charge in [-0.15, -0.1) is 0 Å². The molecule has 16 heavy (non-hydrogen) atoms. The fourth-order valence-corrected chi connectivity index (χ4v) is 1.51. The smallest absolute Gasteiger partial charge is 0.136 e. The zero-order chi connectivity index (χ0) is 12.0. The van der Waals surface area contributed by atoms with Gasteiger partial charge in [0.2, 0.25) is 0 Å². The molecule has 0 aliphatic rings. The predicted octanol–water partition coefficient (Wildman–Crippen LogP) is 1.18. The molecule has 1 rings (SSSR count). The van der Waals surface area contributed by atoms with Crippen LogP contribution in [0.4, 0.5) is 0 Å². The van der Waals surface area contributed by atoms with Gasteiger partial charge in [0.1, 0.15) is 25.0 Å². The maximum absolute atomic E-state index is 9.42. The Morgan fingerprint density at radius 3 is 2.69 bits per heavy atom. The number of aliphatic hydroxyl groups excluding tert-OH is 1. The Morgan fingerprint density at radius 1 is 1.38 bits per heavy atom. The summed E-state index contributed by atoms with van der Waals surface area (Å²) in [5.41, 5.74) is 4.85. The minimum Gasteiger partial charge on any atom is -0.490 e. The van der Waals surface area contributed by atoms with Crippen molar-refractivity contribution in [3.8, 4) is 5.75 Å². The SMILES string of the molecule is CC[C@H](C)c1ccccc1OC[C@@H](O)C[NH3+]. The molecule has 2 atom stereocenters. The summed E-state index contributed by atoms with van der Waals surface area (Å²) < 4.78 is 5.62. The third kappa shape index (κ3) is 3.51. The molecule has 0 amide bonds. The molecule has 1 aromatic rings. The number of benzene rings is 1. The van der Waals surface area contributed by atoms with Gasteiger partial charge < -0.3 is 15.6 Å². The molecule has 0 fully saturated rings. The molecule has 0 radical (unpaired) electrons. The van der Waals surface area contributed by atoms with Crippen LogP contribution in [-0.4, -0.2) is 24.4 Å². The molecule has 0 aliphatic heterocycles. The number of hydrogen-bond donors (Lipinski definition) is 2. The van der Waals surface area contributed by atoms with E-state index in [0.717, 1.165) is 12.2 Å². The van der Waals surface area contributed by atoms with Gasteiger partial charge in [0, 0.05) is 0 Å². The molecule has 0 spiro atoms. The molecule has 0 aromatic heterocycles. The van der Waals surface area contributed by atoms with Crippen molar-refractivity contribution in [3.05, 3.63) is 29.8 Å². The van der Waals surface area contributed by atoms with Gasteiger partial charge in [-0.2, -0.15) is 0 Å². The highest BCUT2D eigenvalue weighted by Gasteiger charge is 2.11. The second kappa shape index (κ2) is 6.51. The molecule has 90 valence electrons. The van der Waals surface area contributed by atoms with Gasteiger partial charge in [-0.1, -0.05) is 32.0 Å². The molecular formula is C13H22NO2+. The number of para-hydroxylation sites is 1. The van der Waals surface area contributed by atoms with Gasteiger partial charge >= 0.3 is 0 Å². The minimum absolute atomic E-state index is 0.316. The summed E-state index contributed by atoms with van der Waals surface area (Å²) in [5.74, 6) is 1.36.